The number of hydrogen-bond donors (Lipinski definition) is 1. The Morgan fingerprint density at radius 1 is 0.857 bits per heavy atom. The molecule has 4 nitrogen and oxygen atoms in total. The van der Waals surface area contributed by atoms with Crippen LogP contribution in [-0.2, 0) is 11.3 Å². The third-order valence-corrected chi connectivity index (χ3v) is 8.81. The monoisotopic (exact) mass is 570 g/mol. The average molecular weight is 571 g/mol. The normalized spacial score (nSPS) is 17.2. The predicted octanol–water partition coefficient (Wildman–Crippen LogP) is 4.38. The van der Waals surface area contributed by atoms with Crippen LogP contribution in [0.4, 0.5) is 5.69 Å². The Kier molecular flexibility index (Phi) is 7.10. The van der Waals surface area contributed by atoms with Gasteiger partial charge in [0.05, 0.1) is 12.2 Å². The van der Waals surface area contributed by atoms with Crippen molar-refractivity contribution in [2.24, 2.45) is 5.92 Å². The Labute approximate surface area is 250 Å². The van der Waals surface area contributed by atoms with E-state index in [-0.39, 0.29) is 24.2 Å². The fourth-order valence-electron chi connectivity index (χ4n) is 6.72. The third kappa shape index (κ3) is 5.02. The zero-order valence-corrected chi connectivity index (χ0v) is 24.0. The highest BCUT2D eigenvalue weighted by Crippen LogP contribution is 2.31. The molecule has 208 valence electrons. The number of carbonyl (C=O) groups excluding carboxylic acids is 2. The van der Waals surface area contributed by atoms with Crippen LogP contribution in [0.3, 0.4) is 0 Å². The number of benzene rings is 4. The van der Waals surface area contributed by atoms with Gasteiger partial charge in [0.25, 0.3) is 0 Å². The van der Waals surface area contributed by atoms with E-state index >= 15 is 0 Å². The first-order valence-electron chi connectivity index (χ1n) is 14.6. The van der Waals surface area contributed by atoms with Gasteiger partial charge in [-0.25, -0.2) is 0 Å². The molecule has 1 heterocycles. The van der Waals surface area contributed by atoms with E-state index in [2.05, 4.69) is 64.8 Å². The van der Waals surface area contributed by atoms with Crippen molar-refractivity contribution in [2.45, 2.75) is 25.8 Å². The van der Waals surface area contributed by atoms with Gasteiger partial charge in [0, 0.05) is 35.2 Å². The van der Waals surface area contributed by atoms with Gasteiger partial charge < -0.3 is 5.32 Å². The van der Waals surface area contributed by atoms with E-state index in [1.807, 2.05) is 18.2 Å². The smallest absolute Gasteiger partial charge is 0.238 e. The quantitative estimate of drug-likeness (QED) is 0.362. The highest BCUT2D eigenvalue weighted by molar-refractivity contribution is 6.31. The average Bonchev–Trinajstić information content (AvgIpc) is 3.18. The van der Waals surface area contributed by atoms with Crippen molar-refractivity contribution >= 4 is 52.8 Å². The van der Waals surface area contributed by atoms with E-state index in [0.717, 1.165) is 25.8 Å². The van der Waals surface area contributed by atoms with Crippen molar-refractivity contribution in [1.29, 1.82) is 0 Å². The van der Waals surface area contributed by atoms with Gasteiger partial charge in [-0.15, -0.1) is 0 Å². The molecule has 7 rings (SSSR count). The van der Waals surface area contributed by atoms with Gasteiger partial charge in [0.15, 0.2) is 5.78 Å². The van der Waals surface area contributed by atoms with Crippen molar-refractivity contribution in [3.63, 3.8) is 0 Å². The first-order chi connectivity index (χ1) is 20.5. The molecular weight excluding hydrogens is 540 g/mol. The van der Waals surface area contributed by atoms with Crippen molar-refractivity contribution < 1.29 is 9.59 Å². The number of anilines is 1. The molecule has 0 spiro atoms. The summed E-state index contributed by atoms with van der Waals surface area (Å²) in [4.78, 5) is 29.1. The highest BCUT2D eigenvalue weighted by atomic mass is 35.5. The maximum atomic E-state index is 13.6. The van der Waals surface area contributed by atoms with Gasteiger partial charge in [-0.05, 0) is 75.0 Å². The van der Waals surface area contributed by atoms with Crippen LogP contribution in [0.2, 0.25) is 5.02 Å². The minimum absolute atomic E-state index is 0.150. The number of fused-ring (bicyclic) bond motifs is 6. The Hall–Kier alpha value is -4.25. The summed E-state index contributed by atoms with van der Waals surface area (Å²) in [5.41, 5.74) is 5.42. The first kappa shape index (κ1) is 26.6. The van der Waals surface area contributed by atoms with Gasteiger partial charge in [-0.2, -0.15) is 0 Å². The lowest BCUT2D eigenvalue weighted by molar-refractivity contribution is -0.117. The maximum Gasteiger partial charge on any atom is 0.238 e. The number of carbonyl (C=O) groups is 2. The third-order valence-electron chi connectivity index (χ3n) is 8.57. The molecule has 4 aromatic rings. The van der Waals surface area contributed by atoms with Crippen LogP contribution in [0.15, 0.2) is 84.9 Å². The lowest BCUT2D eigenvalue weighted by Crippen LogP contribution is -2.40. The molecule has 0 fully saturated rings. The molecule has 5 heteroatoms. The second-order valence-electron chi connectivity index (χ2n) is 11.3. The van der Waals surface area contributed by atoms with E-state index in [0.29, 0.717) is 28.4 Å². The minimum Gasteiger partial charge on any atom is -0.324 e. The van der Waals surface area contributed by atoms with Gasteiger partial charge in [0.2, 0.25) is 5.91 Å². The second kappa shape index (κ2) is 11.2. The van der Waals surface area contributed by atoms with E-state index in [9.17, 15) is 9.59 Å². The van der Waals surface area contributed by atoms with Crippen molar-refractivity contribution in [1.82, 2.24) is 4.90 Å². The summed E-state index contributed by atoms with van der Waals surface area (Å²) in [6, 6.07) is 27.3. The lowest BCUT2D eigenvalue weighted by Gasteiger charge is -2.26. The van der Waals surface area contributed by atoms with Crippen LogP contribution < -0.4 is 26.2 Å². The number of rotatable bonds is 5. The molecule has 0 saturated heterocycles. The topological polar surface area (TPSA) is 49.4 Å². The molecule has 0 radical (unpaired) electrons. The Morgan fingerprint density at radius 2 is 1.67 bits per heavy atom. The van der Waals surface area contributed by atoms with E-state index in [1.165, 1.54) is 37.6 Å². The van der Waals surface area contributed by atoms with Crippen molar-refractivity contribution in [2.75, 3.05) is 18.4 Å². The fraction of sp³-hybridized carbons (Fsp3) is 0.189. The summed E-state index contributed by atoms with van der Waals surface area (Å²) < 4.78 is 0. The maximum absolute atomic E-state index is 13.6. The molecule has 0 bridgehead atoms. The number of nitrogens with zero attached hydrogens (tertiary/aromatic N) is 1. The summed E-state index contributed by atoms with van der Waals surface area (Å²) in [6.45, 7) is 1.68. The number of halogens is 1. The first-order valence-corrected chi connectivity index (χ1v) is 15.0. The van der Waals surface area contributed by atoms with Gasteiger partial charge >= 0.3 is 0 Å². The number of amides is 1. The zero-order valence-electron chi connectivity index (χ0n) is 23.3. The molecule has 1 amide bonds. The molecule has 42 heavy (non-hydrogen) atoms. The summed E-state index contributed by atoms with van der Waals surface area (Å²) in [6.07, 6.45) is 10.1. The molecule has 0 aromatic heterocycles. The largest absolute Gasteiger partial charge is 0.324 e. The van der Waals surface area contributed by atoms with Gasteiger partial charge in [0.1, 0.15) is 0 Å². The Morgan fingerprint density at radius 3 is 2.55 bits per heavy atom. The van der Waals surface area contributed by atoms with Crippen LogP contribution in [0, 0.1) is 5.92 Å². The summed E-state index contributed by atoms with van der Waals surface area (Å²) in [5.74, 6) is -0.0467. The van der Waals surface area contributed by atoms with Crippen LogP contribution in [-0.4, -0.2) is 29.7 Å². The molecule has 3 aliphatic rings. The minimum atomic E-state index is -0.175. The molecule has 1 N–H and O–H groups in total. The zero-order chi connectivity index (χ0) is 28.6. The molecule has 1 aliphatic heterocycles. The summed E-state index contributed by atoms with van der Waals surface area (Å²) in [5, 5.41) is 8.72. The molecule has 0 unspecified atom stereocenters. The van der Waals surface area contributed by atoms with Crippen molar-refractivity contribution in [3.8, 4) is 0 Å². The van der Waals surface area contributed by atoms with Gasteiger partial charge in [-0.3, -0.25) is 14.5 Å². The van der Waals surface area contributed by atoms with E-state index in [4.69, 9.17) is 11.6 Å². The molecule has 4 aromatic carbocycles. The standard InChI is InChI=1S/C37H31ClN2O2/c38-29-18-19-33(32(20-29)37(42)26-10-2-1-3-11-26)39-34(41)23-40-21-27-16-14-24-8-4-6-12-30(24)35(27)36-28(22-40)17-15-25-9-5-7-13-31(25)36/h1-4,6,8-15,17-20,27H,5,7,16,21-23H2,(H,39,41)/t27-/m1/s1. The van der Waals surface area contributed by atoms with Crippen LogP contribution in [0.25, 0.3) is 23.8 Å². The van der Waals surface area contributed by atoms with Gasteiger partial charge in [-0.1, -0.05) is 96.6 Å². The molecule has 0 saturated carbocycles. The van der Waals surface area contributed by atoms with E-state index in [1.54, 1.807) is 30.3 Å². The molecular formula is C37H31ClN2O2. The number of hydrogen-bond acceptors (Lipinski definition) is 3. The van der Waals surface area contributed by atoms with Crippen molar-refractivity contribution in [3.05, 3.63) is 133 Å². The fourth-order valence-corrected chi connectivity index (χ4v) is 6.89. The predicted molar refractivity (Wildman–Crippen MR) is 170 cm³/mol. The number of nitrogens with one attached hydrogen (secondary N) is 1. The lowest BCUT2D eigenvalue weighted by atomic mass is 9.82. The molecule has 1 atom stereocenters. The van der Waals surface area contributed by atoms with Crippen LogP contribution >= 0.6 is 11.6 Å². The van der Waals surface area contributed by atoms with E-state index < -0.39 is 0 Å². The second-order valence-corrected chi connectivity index (χ2v) is 11.8. The summed E-state index contributed by atoms with van der Waals surface area (Å²) >= 11 is 6.27. The Bertz CT molecular complexity index is 1980. The summed E-state index contributed by atoms with van der Waals surface area (Å²) in [7, 11) is 0. The number of ketones is 1. The highest BCUT2D eigenvalue weighted by Gasteiger charge is 2.30. The molecule has 2 aliphatic carbocycles. The Balaban J connectivity index is 1.23. The van der Waals surface area contributed by atoms with Crippen LogP contribution in [0.1, 0.15) is 46.3 Å². The van der Waals surface area contributed by atoms with Crippen LogP contribution in [0.5, 0.6) is 0 Å². The SMILES string of the molecule is O=C(CN1Cc2ccc3c(c2C2=c4ccccc4=CC[C@@H]2C1)=CCCC=3)Nc1ccc(Cl)cc1C(=O)c1ccccc1.